The Morgan fingerprint density at radius 2 is 1.95 bits per heavy atom. The Hall–Kier alpha value is -1.88. The maximum atomic E-state index is 12.1. The normalized spacial score (nSPS) is 13.6. The third-order valence-corrected chi connectivity index (χ3v) is 3.48. The molecule has 0 aromatic heterocycles. The summed E-state index contributed by atoms with van der Waals surface area (Å²) in [6.45, 7) is 3.79. The number of amides is 1. The maximum Gasteiger partial charge on any atom is 0.335 e. The van der Waals surface area contributed by atoms with Gasteiger partial charge in [-0.1, -0.05) is 25.1 Å². The fourth-order valence-corrected chi connectivity index (χ4v) is 2.01. The molecule has 1 atom stereocenters. The average Bonchev–Trinajstić information content (AvgIpc) is 2.39. The van der Waals surface area contributed by atoms with Crippen molar-refractivity contribution in [2.75, 3.05) is 6.61 Å². The van der Waals surface area contributed by atoms with E-state index < -0.39 is 11.5 Å². The van der Waals surface area contributed by atoms with E-state index >= 15 is 0 Å². The van der Waals surface area contributed by atoms with Gasteiger partial charge in [0.05, 0.1) is 12.0 Å². The van der Waals surface area contributed by atoms with Gasteiger partial charge in [-0.15, -0.1) is 0 Å². The van der Waals surface area contributed by atoms with Crippen molar-refractivity contribution in [1.29, 1.82) is 0 Å². The lowest BCUT2D eigenvalue weighted by Gasteiger charge is -2.29. The first-order valence-corrected chi connectivity index (χ1v) is 6.65. The number of aromatic carboxylic acids is 1. The smallest absolute Gasteiger partial charge is 0.335 e. The molecule has 5 heteroatoms. The van der Waals surface area contributed by atoms with E-state index in [1.165, 1.54) is 6.07 Å². The van der Waals surface area contributed by atoms with Crippen LogP contribution in [0.3, 0.4) is 0 Å². The summed E-state index contributed by atoms with van der Waals surface area (Å²) in [5.74, 6) is -1.28. The second-order valence-electron chi connectivity index (χ2n) is 5.08. The molecule has 0 spiro atoms. The van der Waals surface area contributed by atoms with Gasteiger partial charge in [-0.25, -0.2) is 4.79 Å². The minimum atomic E-state index is -1.04. The lowest BCUT2D eigenvalue weighted by atomic mass is 9.94. The summed E-state index contributed by atoms with van der Waals surface area (Å²) in [4.78, 5) is 23.1. The summed E-state index contributed by atoms with van der Waals surface area (Å²) in [7, 11) is 0. The van der Waals surface area contributed by atoms with Gasteiger partial charge in [0.25, 0.3) is 0 Å². The highest BCUT2D eigenvalue weighted by atomic mass is 16.4. The van der Waals surface area contributed by atoms with Crippen LogP contribution in [0.4, 0.5) is 0 Å². The van der Waals surface area contributed by atoms with Crippen molar-refractivity contribution in [2.24, 2.45) is 0 Å². The van der Waals surface area contributed by atoms with E-state index in [9.17, 15) is 9.59 Å². The van der Waals surface area contributed by atoms with Crippen LogP contribution in [0.2, 0.25) is 0 Å². The lowest BCUT2D eigenvalue weighted by Crippen LogP contribution is -2.46. The first-order valence-electron chi connectivity index (χ1n) is 6.65. The zero-order chi connectivity index (χ0) is 15.2. The first-order chi connectivity index (χ1) is 9.41. The summed E-state index contributed by atoms with van der Waals surface area (Å²) in [6.07, 6.45) is 1.18. The molecule has 0 saturated carbocycles. The highest BCUT2D eigenvalue weighted by Gasteiger charge is 2.24. The maximum absolute atomic E-state index is 12.1. The molecule has 0 heterocycles. The minimum Gasteiger partial charge on any atom is -0.478 e. The Balaban J connectivity index is 2.79. The van der Waals surface area contributed by atoms with E-state index in [2.05, 4.69) is 5.32 Å². The summed E-state index contributed by atoms with van der Waals surface area (Å²) in [5.41, 5.74) is 0.159. The number of carbonyl (C=O) groups is 2. The summed E-state index contributed by atoms with van der Waals surface area (Å²) in [5, 5.41) is 21.0. The van der Waals surface area contributed by atoms with E-state index in [-0.39, 0.29) is 24.5 Å². The molecule has 3 N–H and O–H groups in total. The van der Waals surface area contributed by atoms with Crippen molar-refractivity contribution in [3.05, 3.63) is 35.4 Å². The number of carboxylic acid groups (broad SMARTS) is 1. The first kappa shape index (κ1) is 16.2. The third kappa shape index (κ3) is 4.35. The number of carbonyl (C=O) groups excluding carboxylic acids is 1. The SMILES string of the molecule is CCC(C)(CCO)NC(=O)Cc1ccccc1C(=O)O. The Morgan fingerprint density at radius 3 is 2.50 bits per heavy atom. The van der Waals surface area contributed by atoms with E-state index in [1.807, 2.05) is 13.8 Å². The number of benzene rings is 1. The van der Waals surface area contributed by atoms with Gasteiger partial charge >= 0.3 is 5.97 Å². The number of hydrogen-bond acceptors (Lipinski definition) is 3. The molecule has 1 aromatic carbocycles. The van der Waals surface area contributed by atoms with Crippen LogP contribution in [0.25, 0.3) is 0 Å². The van der Waals surface area contributed by atoms with Gasteiger partial charge in [0.15, 0.2) is 0 Å². The van der Waals surface area contributed by atoms with Crippen molar-refractivity contribution < 1.29 is 19.8 Å². The number of aliphatic hydroxyl groups is 1. The fourth-order valence-electron chi connectivity index (χ4n) is 2.01. The predicted molar refractivity (Wildman–Crippen MR) is 75.6 cm³/mol. The minimum absolute atomic E-state index is 0.00364. The fraction of sp³-hybridized carbons (Fsp3) is 0.467. The summed E-state index contributed by atoms with van der Waals surface area (Å²) >= 11 is 0. The van der Waals surface area contributed by atoms with Crippen LogP contribution >= 0.6 is 0 Å². The van der Waals surface area contributed by atoms with Crippen LogP contribution in [-0.4, -0.2) is 34.2 Å². The van der Waals surface area contributed by atoms with Crippen molar-refractivity contribution in [1.82, 2.24) is 5.32 Å². The highest BCUT2D eigenvalue weighted by molar-refractivity contribution is 5.91. The Morgan fingerprint density at radius 1 is 1.30 bits per heavy atom. The van der Waals surface area contributed by atoms with Gasteiger partial charge in [-0.2, -0.15) is 0 Å². The second kappa shape index (κ2) is 7.05. The quantitative estimate of drug-likeness (QED) is 0.707. The average molecular weight is 279 g/mol. The summed E-state index contributed by atoms with van der Waals surface area (Å²) < 4.78 is 0. The van der Waals surface area contributed by atoms with Crippen LogP contribution in [0.15, 0.2) is 24.3 Å². The van der Waals surface area contributed by atoms with Gasteiger partial charge < -0.3 is 15.5 Å². The molecule has 0 fully saturated rings. The van der Waals surface area contributed by atoms with Gasteiger partial charge in [-0.3, -0.25) is 4.79 Å². The molecule has 1 aromatic rings. The number of rotatable bonds is 7. The second-order valence-corrected chi connectivity index (χ2v) is 5.08. The topological polar surface area (TPSA) is 86.6 Å². The zero-order valence-corrected chi connectivity index (χ0v) is 11.8. The van der Waals surface area contributed by atoms with E-state index in [1.54, 1.807) is 18.2 Å². The van der Waals surface area contributed by atoms with Crippen LogP contribution in [0, 0.1) is 0 Å². The molecule has 0 aliphatic heterocycles. The Kier molecular flexibility index (Phi) is 5.70. The molecule has 1 rings (SSSR count). The number of aliphatic hydroxyl groups excluding tert-OH is 1. The Bertz CT molecular complexity index is 487. The third-order valence-electron chi connectivity index (χ3n) is 3.48. The molecular formula is C15H21NO4. The highest BCUT2D eigenvalue weighted by Crippen LogP contribution is 2.15. The predicted octanol–water partition coefficient (Wildman–Crippen LogP) is 1.59. The molecule has 0 bridgehead atoms. The zero-order valence-electron chi connectivity index (χ0n) is 11.8. The van der Waals surface area contributed by atoms with Gasteiger partial charge in [-0.05, 0) is 31.4 Å². The number of nitrogens with one attached hydrogen (secondary N) is 1. The molecule has 1 unspecified atom stereocenters. The molecule has 0 aliphatic rings. The van der Waals surface area contributed by atoms with Gasteiger partial charge in [0.2, 0.25) is 5.91 Å². The molecule has 0 radical (unpaired) electrons. The van der Waals surface area contributed by atoms with Crippen molar-refractivity contribution in [3.63, 3.8) is 0 Å². The van der Waals surface area contributed by atoms with E-state index in [0.717, 1.165) is 0 Å². The molecular weight excluding hydrogens is 258 g/mol. The van der Waals surface area contributed by atoms with Crippen LogP contribution in [-0.2, 0) is 11.2 Å². The van der Waals surface area contributed by atoms with Crippen molar-refractivity contribution in [2.45, 2.75) is 38.6 Å². The Labute approximate surface area is 118 Å². The molecule has 0 saturated heterocycles. The molecule has 5 nitrogen and oxygen atoms in total. The van der Waals surface area contributed by atoms with Crippen molar-refractivity contribution >= 4 is 11.9 Å². The summed E-state index contributed by atoms with van der Waals surface area (Å²) in [6, 6.07) is 6.46. The number of hydrogen-bond donors (Lipinski definition) is 3. The monoisotopic (exact) mass is 279 g/mol. The van der Waals surface area contributed by atoms with Crippen molar-refractivity contribution in [3.8, 4) is 0 Å². The van der Waals surface area contributed by atoms with Gasteiger partial charge in [0, 0.05) is 12.1 Å². The van der Waals surface area contributed by atoms with E-state index in [4.69, 9.17) is 10.2 Å². The molecule has 0 aliphatic carbocycles. The number of carboxylic acids is 1. The van der Waals surface area contributed by atoms with Crippen LogP contribution in [0.5, 0.6) is 0 Å². The van der Waals surface area contributed by atoms with Crippen LogP contribution < -0.4 is 5.32 Å². The van der Waals surface area contributed by atoms with Gasteiger partial charge in [0.1, 0.15) is 0 Å². The van der Waals surface area contributed by atoms with Crippen LogP contribution in [0.1, 0.15) is 42.6 Å². The lowest BCUT2D eigenvalue weighted by molar-refractivity contribution is -0.122. The molecule has 1 amide bonds. The van der Waals surface area contributed by atoms with E-state index in [0.29, 0.717) is 18.4 Å². The molecule has 20 heavy (non-hydrogen) atoms. The standard InChI is InChI=1S/C15H21NO4/c1-3-15(2,8-9-17)16-13(18)10-11-6-4-5-7-12(11)14(19)20/h4-7,17H,3,8-10H2,1-2H3,(H,16,18)(H,19,20). The molecule has 110 valence electrons. The largest absolute Gasteiger partial charge is 0.478 e.